The Balaban J connectivity index is 2.11. The molecule has 0 saturated heterocycles. The number of anilines is 1. The van der Waals surface area contributed by atoms with E-state index < -0.39 is 21.4 Å². The molecule has 6 nitrogen and oxygen atoms in total. The number of carboxylic acid groups (broad SMARTS) is 1. The molecule has 0 atom stereocenters. The van der Waals surface area contributed by atoms with E-state index in [9.17, 15) is 13.2 Å². The van der Waals surface area contributed by atoms with Crippen LogP contribution in [0.15, 0.2) is 33.6 Å². The Morgan fingerprint density at radius 2 is 2.00 bits per heavy atom. The Morgan fingerprint density at radius 3 is 2.67 bits per heavy atom. The fraction of sp³-hybridized carbons (Fsp3) is 0.429. The summed E-state index contributed by atoms with van der Waals surface area (Å²) in [7, 11) is -3.61. The van der Waals surface area contributed by atoms with Crippen LogP contribution in [0.3, 0.4) is 0 Å². The van der Waals surface area contributed by atoms with Gasteiger partial charge in [-0.3, -0.25) is 4.79 Å². The largest absolute Gasteiger partial charge is 0.481 e. The van der Waals surface area contributed by atoms with Gasteiger partial charge in [0.05, 0.1) is 11.1 Å². The molecule has 1 aliphatic heterocycles. The number of carboxylic acids is 1. The van der Waals surface area contributed by atoms with Crippen LogP contribution in [-0.4, -0.2) is 32.4 Å². The van der Waals surface area contributed by atoms with Crippen molar-refractivity contribution in [3.05, 3.63) is 24.3 Å². The van der Waals surface area contributed by atoms with E-state index in [-0.39, 0.29) is 4.90 Å². The highest BCUT2D eigenvalue weighted by molar-refractivity contribution is 7.90. The topological polar surface area (TPSA) is 87.0 Å². The van der Waals surface area contributed by atoms with Crippen molar-refractivity contribution in [3.63, 3.8) is 0 Å². The molecule has 0 saturated carbocycles. The molecule has 1 heterocycles. The van der Waals surface area contributed by atoms with Gasteiger partial charge in [0.25, 0.3) is 10.0 Å². The Morgan fingerprint density at radius 1 is 1.33 bits per heavy atom. The van der Waals surface area contributed by atoms with Gasteiger partial charge in [0, 0.05) is 6.54 Å². The molecule has 1 N–H and O–H groups in total. The molecule has 0 aliphatic carbocycles. The molecular weight excluding hydrogens is 292 g/mol. The van der Waals surface area contributed by atoms with E-state index in [0.717, 1.165) is 0 Å². The van der Waals surface area contributed by atoms with E-state index >= 15 is 0 Å². The van der Waals surface area contributed by atoms with Crippen LogP contribution in [0, 0.1) is 5.41 Å². The standard InChI is InChI=1S/C14H18N2O4S/c1-14(2,13(17)18)8-5-9-16-10-15-21(19,20)12-7-4-3-6-11(12)16/h3-4,6-7,10H,5,8-9H2,1-2H3,(H,17,18). The van der Waals surface area contributed by atoms with Gasteiger partial charge in [-0.1, -0.05) is 12.1 Å². The lowest BCUT2D eigenvalue weighted by atomic mass is 9.88. The minimum atomic E-state index is -3.61. The van der Waals surface area contributed by atoms with Gasteiger partial charge in [0.15, 0.2) is 0 Å². The van der Waals surface area contributed by atoms with Crippen molar-refractivity contribution in [1.29, 1.82) is 0 Å². The first-order valence-corrected chi connectivity index (χ1v) is 8.07. The molecule has 2 rings (SSSR count). The molecule has 0 radical (unpaired) electrons. The summed E-state index contributed by atoms with van der Waals surface area (Å²) in [6.45, 7) is 3.88. The van der Waals surface area contributed by atoms with Crippen LogP contribution in [-0.2, 0) is 14.8 Å². The van der Waals surface area contributed by atoms with Crippen LogP contribution in [0.2, 0.25) is 0 Å². The number of rotatable bonds is 5. The molecule has 0 spiro atoms. The second-order valence-electron chi connectivity index (χ2n) is 5.65. The van der Waals surface area contributed by atoms with Crippen LogP contribution >= 0.6 is 0 Å². The van der Waals surface area contributed by atoms with Crippen LogP contribution in [0.5, 0.6) is 0 Å². The third-order valence-electron chi connectivity index (χ3n) is 3.56. The summed E-state index contributed by atoms with van der Waals surface area (Å²) in [5.74, 6) is -0.835. The van der Waals surface area contributed by atoms with Gasteiger partial charge in [-0.25, -0.2) is 0 Å². The van der Waals surface area contributed by atoms with Crippen molar-refractivity contribution in [3.8, 4) is 0 Å². The number of hydrogen-bond donors (Lipinski definition) is 1. The number of aliphatic carboxylic acids is 1. The summed E-state index contributed by atoms with van der Waals surface area (Å²) in [6.07, 6.45) is 2.42. The zero-order chi connectivity index (χ0) is 15.7. The van der Waals surface area contributed by atoms with Gasteiger partial charge >= 0.3 is 5.97 Å². The monoisotopic (exact) mass is 310 g/mol. The van der Waals surface area contributed by atoms with Gasteiger partial charge in [0.1, 0.15) is 11.2 Å². The van der Waals surface area contributed by atoms with Crippen molar-refractivity contribution in [2.24, 2.45) is 9.81 Å². The first-order chi connectivity index (χ1) is 9.74. The Bertz CT molecular complexity index is 680. The molecule has 0 aromatic heterocycles. The van der Waals surface area contributed by atoms with Gasteiger partial charge in [-0.2, -0.15) is 8.42 Å². The van der Waals surface area contributed by atoms with Crippen molar-refractivity contribution >= 4 is 28.0 Å². The first kappa shape index (κ1) is 15.5. The Hall–Kier alpha value is -1.89. The summed E-state index contributed by atoms with van der Waals surface area (Å²) in [5.41, 5.74) is -0.209. The van der Waals surface area contributed by atoms with E-state index in [1.807, 2.05) is 0 Å². The minimum absolute atomic E-state index is 0.185. The molecule has 0 unspecified atom stereocenters. The Kier molecular flexibility index (Phi) is 4.04. The highest BCUT2D eigenvalue weighted by atomic mass is 32.2. The molecule has 0 bridgehead atoms. The highest BCUT2D eigenvalue weighted by Crippen LogP contribution is 2.30. The normalized spacial score (nSPS) is 16.6. The van der Waals surface area contributed by atoms with Gasteiger partial charge in [-0.15, -0.1) is 4.40 Å². The van der Waals surface area contributed by atoms with Crippen LogP contribution in [0.4, 0.5) is 5.69 Å². The van der Waals surface area contributed by atoms with Gasteiger partial charge in [0.2, 0.25) is 0 Å². The first-order valence-electron chi connectivity index (χ1n) is 6.63. The predicted octanol–water partition coefficient (Wildman–Crippen LogP) is 2.11. The van der Waals surface area contributed by atoms with Crippen LogP contribution in [0.1, 0.15) is 26.7 Å². The number of carbonyl (C=O) groups is 1. The maximum atomic E-state index is 11.8. The van der Waals surface area contributed by atoms with Crippen molar-refractivity contribution < 1.29 is 18.3 Å². The summed E-state index contributed by atoms with van der Waals surface area (Å²) >= 11 is 0. The third-order valence-corrected chi connectivity index (χ3v) is 4.83. The Labute approximate surface area is 124 Å². The SMILES string of the molecule is CC(C)(CCCN1C=NS(=O)(=O)c2ccccc21)C(=O)O. The van der Waals surface area contributed by atoms with Gasteiger partial charge in [-0.05, 0) is 38.8 Å². The van der Waals surface area contributed by atoms with Crippen molar-refractivity contribution in [2.45, 2.75) is 31.6 Å². The summed E-state index contributed by atoms with van der Waals surface area (Å²) in [6, 6.07) is 6.67. The maximum absolute atomic E-state index is 11.8. The molecule has 21 heavy (non-hydrogen) atoms. The molecule has 1 aromatic carbocycles. The fourth-order valence-corrected chi connectivity index (χ4v) is 3.18. The molecule has 114 valence electrons. The van der Waals surface area contributed by atoms with Gasteiger partial charge < -0.3 is 10.0 Å². The predicted molar refractivity (Wildman–Crippen MR) is 80.1 cm³/mol. The van der Waals surface area contributed by atoms with Crippen LogP contribution < -0.4 is 4.90 Å². The van der Waals surface area contributed by atoms with E-state index in [2.05, 4.69) is 4.40 Å². The van der Waals surface area contributed by atoms with Crippen molar-refractivity contribution in [1.82, 2.24) is 0 Å². The average molecular weight is 310 g/mol. The maximum Gasteiger partial charge on any atom is 0.309 e. The number of sulfonamides is 1. The second-order valence-corrected chi connectivity index (χ2v) is 7.25. The minimum Gasteiger partial charge on any atom is -0.481 e. The summed E-state index contributed by atoms with van der Waals surface area (Å²) in [4.78, 5) is 13.0. The highest BCUT2D eigenvalue weighted by Gasteiger charge is 2.28. The van der Waals surface area contributed by atoms with E-state index in [1.54, 1.807) is 36.9 Å². The number of nitrogens with zero attached hydrogens (tertiary/aromatic N) is 2. The fourth-order valence-electron chi connectivity index (χ4n) is 2.13. The number of fused-ring (bicyclic) bond motifs is 1. The van der Waals surface area contributed by atoms with Crippen LogP contribution in [0.25, 0.3) is 0 Å². The molecule has 0 fully saturated rings. The summed E-state index contributed by atoms with van der Waals surface area (Å²) < 4.78 is 27.3. The molecular formula is C14H18N2O4S. The van der Waals surface area contributed by atoms with E-state index in [0.29, 0.717) is 25.1 Å². The summed E-state index contributed by atoms with van der Waals surface area (Å²) in [5, 5.41) is 9.09. The average Bonchev–Trinajstić information content (AvgIpc) is 2.41. The van der Waals surface area contributed by atoms with Crippen molar-refractivity contribution in [2.75, 3.05) is 11.4 Å². The number of para-hydroxylation sites is 1. The third kappa shape index (κ3) is 3.24. The zero-order valence-corrected chi connectivity index (χ0v) is 12.8. The lowest BCUT2D eigenvalue weighted by Gasteiger charge is -2.26. The molecule has 7 heteroatoms. The molecule has 0 amide bonds. The quantitative estimate of drug-likeness (QED) is 0.900. The molecule has 1 aromatic rings. The number of hydrogen-bond acceptors (Lipinski definition) is 4. The van der Waals surface area contributed by atoms with E-state index in [1.165, 1.54) is 12.4 Å². The zero-order valence-electron chi connectivity index (χ0n) is 12.0. The smallest absolute Gasteiger partial charge is 0.309 e. The molecule has 1 aliphatic rings. The lowest BCUT2D eigenvalue weighted by molar-refractivity contribution is -0.147. The van der Waals surface area contributed by atoms with E-state index in [4.69, 9.17) is 5.11 Å². The lowest BCUT2D eigenvalue weighted by Crippen LogP contribution is -2.30. The number of benzene rings is 1. The second kappa shape index (κ2) is 5.48.